The fourth-order valence-corrected chi connectivity index (χ4v) is 4.45. The number of nitrogens with one attached hydrogen (secondary N) is 1. The van der Waals surface area contributed by atoms with Crippen molar-refractivity contribution in [2.45, 2.75) is 19.9 Å². The van der Waals surface area contributed by atoms with E-state index in [1.165, 1.54) is 16.3 Å². The van der Waals surface area contributed by atoms with Gasteiger partial charge in [0.15, 0.2) is 0 Å². The first-order chi connectivity index (χ1) is 13.2. The van der Waals surface area contributed by atoms with Gasteiger partial charge < -0.3 is 5.32 Å². The van der Waals surface area contributed by atoms with Crippen LogP contribution in [0.1, 0.15) is 19.4 Å². The summed E-state index contributed by atoms with van der Waals surface area (Å²) in [6.07, 6.45) is 2.20. The largest absolute Gasteiger partial charge is 0.354 e. The first-order valence-electron chi connectivity index (χ1n) is 9.43. The highest BCUT2D eigenvalue weighted by Gasteiger charge is 2.20. The SMILES string of the molecule is CC(C)C1CSC(C=C(Nc2cccc3ccccc23)c2ccccc2)=N1. The van der Waals surface area contributed by atoms with Crippen LogP contribution >= 0.6 is 11.8 Å². The van der Waals surface area contributed by atoms with Gasteiger partial charge in [-0.15, -0.1) is 11.8 Å². The molecule has 1 heterocycles. The molecule has 1 N–H and O–H groups in total. The van der Waals surface area contributed by atoms with Crippen LogP contribution < -0.4 is 5.32 Å². The molecule has 1 aliphatic rings. The summed E-state index contributed by atoms with van der Waals surface area (Å²) in [5.41, 5.74) is 3.37. The number of rotatable bonds is 5. The molecule has 0 aliphatic carbocycles. The molecule has 1 atom stereocenters. The molecule has 3 heteroatoms. The normalized spacial score (nSPS) is 17.4. The van der Waals surface area contributed by atoms with Crippen LogP contribution in [0, 0.1) is 5.92 Å². The smallest absolute Gasteiger partial charge is 0.0929 e. The standard InChI is InChI=1S/C24H24N2S/c1-17(2)23-16-27-24(26-23)15-22(19-10-4-3-5-11-19)25-21-14-8-12-18-9-6-7-13-20(18)21/h3-15,17,23,25H,16H2,1-2H3. The maximum atomic E-state index is 4.92. The highest BCUT2D eigenvalue weighted by Crippen LogP contribution is 2.29. The first kappa shape index (κ1) is 17.9. The molecule has 136 valence electrons. The van der Waals surface area contributed by atoms with Gasteiger partial charge in [-0.25, -0.2) is 0 Å². The van der Waals surface area contributed by atoms with E-state index in [1.807, 2.05) is 11.8 Å². The van der Waals surface area contributed by atoms with Crippen molar-refractivity contribution in [2.24, 2.45) is 10.9 Å². The van der Waals surface area contributed by atoms with Crippen LogP contribution in [0.15, 0.2) is 83.9 Å². The fourth-order valence-electron chi connectivity index (χ4n) is 3.24. The van der Waals surface area contributed by atoms with E-state index >= 15 is 0 Å². The van der Waals surface area contributed by atoms with E-state index in [1.54, 1.807) is 0 Å². The van der Waals surface area contributed by atoms with Crippen molar-refractivity contribution < 1.29 is 0 Å². The molecule has 3 aromatic carbocycles. The van der Waals surface area contributed by atoms with Gasteiger partial charge in [0.1, 0.15) is 0 Å². The quantitative estimate of drug-likeness (QED) is 0.555. The van der Waals surface area contributed by atoms with Gasteiger partial charge in [0.2, 0.25) is 0 Å². The minimum absolute atomic E-state index is 0.413. The van der Waals surface area contributed by atoms with Crippen LogP contribution in [-0.2, 0) is 0 Å². The molecule has 27 heavy (non-hydrogen) atoms. The third-order valence-electron chi connectivity index (χ3n) is 4.88. The lowest BCUT2D eigenvalue weighted by Gasteiger charge is -2.14. The molecule has 0 spiro atoms. The number of benzene rings is 3. The highest BCUT2D eigenvalue weighted by atomic mass is 32.2. The topological polar surface area (TPSA) is 24.4 Å². The Hall–Kier alpha value is -2.52. The molecular formula is C24H24N2S. The number of anilines is 1. The summed E-state index contributed by atoms with van der Waals surface area (Å²) in [5, 5.41) is 7.25. The van der Waals surface area contributed by atoms with E-state index < -0.39 is 0 Å². The zero-order valence-electron chi connectivity index (χ0n) is 15.7. The van der Waals surface area contributed by atoms with Crippen molar-refractivity contribution in [1.29, 1.82) is 0 Å². The van der Waals surface area contributed by atoms with Gasteiger partial charge in [-0.05, 0) is 29.0 Å². The molecular weight excluding hydrogens is 348 g/mol. The van der Waals surface area contributed by atoms with Crippen LogP contribution in [0.3, 0.4) is 0 Å². The Bertz CT molecular complexity index is 984. The van der Waals surface area contributed by atoms with E-state index in [-0.39, 0.29) is 0 Å². The van der Waals surface area contributed by atoms with Gasteiger partial charge in [0.05, 0.1) is 11.1 Å². The monoisotopic (exact) mass is 372 g/mol. The zero-order chi connectivity index (χ0) is 18.6. The molecule has 0 aromatic heterocycles. The van der Waals surface area contributed by atoms with Gasteiger partial charge in [-0.3, -0.25) is 4.99 Å². The van der Waals surface area contributed by atoms with Crippen molar-refractivity contribution >= 4 is 39.0 Å². The third-order valence-corrected chi connectivity index (χ3v) is 5.90. The van der Waals surface area contributed by atoms with Crippen molar-refractivity contribution in [1.82, 2.24) is 0 Å². The van der Waals surface area contributed by atoms with Crippen LogP contribution in [0.25, 0.3) is 16.5 Å². The van der Waals surface area contributed by atoms with Crippen molar-refractivity contribution in [3.63, 3.8) is 0 Å². The van der Waals surface area contributed by atoms with Gasteiger partial charge >= 0.3 is 0 Å². The van der Waals surface area contributed by atoms with Gasteiger partial charge in [-0.2, -0.15) is 0 Å². The van der Waals surface area contributed by atoms with E-state index in [9.17, 15) is 0 Å². The van der Waals surface area contributed by atoms with Crippen LogP contribution in [0.2, 0.25) is 0 Å². The number of nitrogens with zero attached hydrogens (tertiary/aromatic N) is 1. The summed E-state index contributed by atoms with van der Waals surface area (Å²) in [7, 11) is 0. The lowest BCUT2D eigenvalue weighted by Crippen LogP contribution is -2.11. The van der Waals surface area contributed by atoms with E-state index in [0.29, 0.717) is 12.0 Å². The Morgan fingerprint density at radius 3 is 2.52 bits per heavy atom. The third kappa shape index (κ3) is 4.09. The minimum Gasteiger partial charge on any atom is -0.354 e. The van der Waals surface area contributed by atoms with E-state index in [4.69, 9.17) is 4.99 Å². The number of fused-ring (bicyclic) bond motifs is 1. The lowest BCUT2D eigenvalue weighted by molar-refractivity contribution is 0.544. The average molecular weight is 373 g/mol. The molecule has 2 nitrogen and oxygen atoms in total. The van der Waals surface area contributed by atoms with Gasteiger partial charge in [0.25, 0.3) is 0 Å². The van der Waals surface area contributed by atoms with Gasteiger partial charge in [0, 0.05) is 22.5 Å². The molecule has 1 aliphatic heterocycles. The molecule has 0 fully saturated rings. The summed E-state index contributed by atoms with van der Waals surface area (Å²) >= 11 is 1.85. The summed E-state index contributed by atoms with van der Waals surface area (Å²) in [4.78, 5) is 4.92. The molecule has 3 aromatic rings. The maximum Gasteiger partial charge on any atom is 0.0929 e. The first-order valence-corrected chi connectivity index (χ1v) is 10.4. The molecule has 1 unspecified atom stereocenters. The second-order valence-electron chi connectivity index (χ2n) is 7.17. The number of hydrogen-bond donors (Lipinski definition) is 1. The Morgan fingerprint density at radius 1 is 1.00 bits per heavy atom. The number of aliphatic imine (C=N–C) groups is 1. The van der Waals surface area contributed by atoms with Crippen molar-refractivity contribution in [3.05, 3.63) is 84.4 Å². The van der Waals surface area contributed by atoms with Crippen molar-refractivity contribution in [2.75, 3.05) is 11.1 Å². The van der Waals surface area contributed by atoms with Crippen molar-refractivity contribution in [3.8, 4) is 0 Å². The molecule has 4 rings (SSSR count). The second kappa shape index (κ2) is 8.01. The Morgan fingerprint density at radius 2 is 1.74 bits per heavy atom. The fraction of sp³-hybridized carbons (Fsp3) is 0.208. The average Bonchev–Trinajstić information content (AvgIpc) is 3.17. The predicted molar refractivity (Wildman–Crippen MR) is 121 cm³/mol. The Kier molecular flexibility index (Phi) is 5.30. The van der Waals surface area contributed by atoms with Gasteiger partial charge in [-0.1, -0.05) is 80.6 Å². The van der Waals surface area contributed by atoms with E-state index in [0.717, 1.165) is 22.2 Å². The number of hydrogen-bond acceptors (Lipinski definition) is 3. The van der Waals surface area contributed by atoms with Crippen LogP contribution in [0.4, 0.5) is 5.69 Å². The second-order valence-corrected chi connectivity index (χ2v) is 8.21. The lowest BCUT2D eigenvalue weighted by atomic mass is 10.1. The highest BCUT2D eigenvalue weighted by molar-refractivity contribution is 8.14. The van der Waals surface area contributed by atoms with E-state index in [2.05, 4.69) is 98.0 Å². The predicted octanol–water partition coefficient (Wildman–Crippen LogP) is 6.46. The summed E-state index contributed by atoms with van der Waals surface area (Å²) in [5.74, 6) is 1.65. The molecule has 0 saturated carbocycles. The molecule has 0 saturated heterocycles. The Balaban J connectivity index is 1.73. The molecule has 0 radical (unpaired) electrons. The summed E-state index contributed by atoms with van der Waals surface area (Å²) in [6.45, 7) is 4.49. The van der Waals surface area contributed by atoms with Crippen LogP contribution in [0.5, 0.6) is 0 Å². The number of thioether (sulfide) groups is 1. The minimum atomic E-state index is 0.413. The maximum absolute atomic E-state index is 4.92. The molecule has 0 bridgehead atoms. The zero-order valence-corrected chi connectivity index (χ0v) is 16.5. The summed E-state index contributed by atoms with van der Waals surface area (Å²) < 4.78 is 0. The summed E-state index contributed by atoms with van der Waals surface area (Å²) in [6, 6.07) is 25.8. The molecule has 0 amide bonds. The Labute approximate surface area is 165 Å². The van der Waals surface area contributed by atoms with Crippen LogP contribution in [-0.4, -0.2) is 16.8 Å².